The van der Waals surface area contributed by atoms with Gasteiger partial charge < -0.3 is 15.8 Å². The number of H-pyrrole nitrogens is 1. The van der Waals surface area contributed by atoms with Crippen LogP contribution in [0.3, 0.4) is 0 Å². The monoisotopic (exact) mass is 302 g/mol. The Morgan fingerprint density at radius 1 is 1.36 bits per heavy atom. The minimum atomic E-state index is 0.361. The number of hydrogen-bond donors (Lipinski definition) is 3. The molecule has 0 amide bonds. The fourth-order valence-electron chi connectivity index (χ4n) is 1.76. The standard InChI is InChI=1S/C15H22N6O/c1-10(2)8-17-15(16)18-9-13-19-14(21-20-13)11-4-6-12(22-3)7-5-11/h4-7,10H,8-9H2,1-3H3,(H3,16,17,18)(H,19,20,21). The highest BCUT2D eigenvalue weighted by Gasteiger charge is 2.06. The molecule has 7 nitrogen and oxygen atoms in total. The van der Waals surface area contributed by atoms with Crippen LogP contribution < -0.4 is 15.8 Å². The topological polar surface area (TPSA) is 101 Å². The highest BCUT2D eigenvalue weighted by atomic mass is 16.5. The molecule has 0 radical (unpaired) electrons. The van der Waals surface area contributed by atoms with E-state index in [1.165, 1.54) is 0 Å². The molecule has 0 saturated heterocycles. The van der Waals surface area contributed by atoms with Crippen LogP contribution in [0.4, 0.5) is 0 Å². The minimum absolute atomic E-state index is 0.361. The summed E-state index contributed by atoms with van der Waals surface area (Å²) < 4.78 is 5.13. The number of nitrogens with zero attached hydrogens (tertiary/aromatic N) is 3. The average Bonchev–Trinajstić information content (AvgIpc) is 3.00. The first-order chi connectivity index (χ1) is 10.6. The zero-order chi connectivity index (χ0) is 15.9. The highest BCUT2D eigenvalue weighted by Crippen LogP contribution is 2.18. The molecule has 0 aliphatic rings. The van der Waals surface area contributed by atoms with Gasteiger partial charge in [0.1, 0.15) is 18.1 Å². The second-order valence-electron chi connectivity index (χ2n) is 5.31. The van der Waals surface area contributed by atoms with E-state index >= 15 is 0 Å². The van der Waals surface area contributed by atoms with Gasteiger partial charge in [-0.25, -0.2) is 9.98 Å². The Morgan fingerprint density at radius 3 is 2.73 bits per heavy atom. The van der Waals surface area contributed by atoms with Crippen LogP contribution in [0.15, 0.2) is 29.3 Å². The van der Waals surface area contributed by atoms with Crippen LogP contribution in [0.5, 0.6) is 5.75 Å². The van der Waals surface area contributed by atoms with Crippen molar-refractivity contribution in [1.82, 2.24) is 20.5 Å². The molecule has 0 aliphatic carbocycles. The first kappa shape index (κ1) is 15.8. The number of methoxy groups -OCH3 is 1. The Labute approximate surface area is 130 Å². The number of ether oxygens (including phenoxy) is 1. The van der Waals surface area contributed by atoms with Gasteiger partial charge in [-0.3, -0.25) is 5.10 Å². The average molecular weight is 302 g/mol. The molecule has 0 unspecified atom stereocenters. The molecular formula is C15H22N6O. The molecular weight excluding hydrogens is 280 g/mol. The Morgan fingerprint density at radius 2 is 2.09 bits per heavy atom. The Balaban J connectivity index is 1.97. The molecule has 1 heterocycles. The van der Waals surface area contributed by atoms with E-state index in [4.69, 9.17) is 10.5 Å². The molecule has 0 fully saturated rings. The third kappa shape index (κ3) is 4.47. The lowest BCUT2D eigenvalue weighted by Gasteiger charge is -2.07. The van der Waals surface area contributed by atoms with E-state index in [0.29, 0.717) is 30.1 Å². The highest BCUT2D eigenvalue weighted by molar-refractivity contribution is 5.77. The third-order valence-electron chi connectivity index (χ3n) is 2.97. The van der Waals surface area contributed by atoms with E-state index in [2.05, 4.69) is 39.3 Å². The first-order valence-electron chi connectivity index (χ1n) is 7.18. The molecule has 1 aromatic carbocycles. The van der Waals surface area contributed by atoms with Crippen LogP contribution in [0.25, 0.3) is 11.4 Å². The van der Waals surface area contributed by atoms with Crippen LogP contribution in [0, 0.1) is 5.92 Å². The van der Waals surface area contributed by atoms with Gasteiger partial charge in [0.15, 0.2) is 11.8 Å². The fraction of sp³-hybridized carbons (Fsp3) is 0.400. The molecule has 0 bridgehead atoms. The van der Waals surface area contributed by atoms with Gasteiger partial charge >= 0.3 is 0 Å². The van der Waals surface area contributed by atoms with Gasteiger partial charge in [-0.1, -0.05) is 13.8 Å². The predicted octanol–water partition coefficient (Wildman–Crippen LogP) is 1.54. The summed E-state index contributed by atoms with van der Waals surface area (Å²) in [5, 5.41) is 10.1. The molecule has 22 heavy (non-hydrogen) atoms. The van der Waals surface area contributed by atoms with Crippen molar-refractivity contribution >= 4 is 5.96 Å². The van der Waals surface area contributed by atoms with Gasteiger partial charge in [-0.15, -0.1) is 0 Å². The largest absolute Gasteiger partial charge is 0.497 e. The summed E-state index contributed by atoms with van der Waals surface area (Å²) in [5.74, 6) is 3.02. The molecule has 2 aromatic rings. The van der Waals surface area contributed by atoms with Crippen molar-refractivity contribution in [2.75, 3.05) is 13.7 Å². The van der Waals surface area contributed by atoms with Crippen molar-refractivity contribution in [1.29, 1.82) is 0 Å². The van der Waals surface area contributed by atoms with Crippen LogP contribution >= 0.6 is 0 Å². The first-order valence-corrected chi connectivity index (χ1v) is 7.18. The number of benzene rings is 1. The van der Waals surface area contributed by atoms with Gasteiger partial charge in [0.25, 0.3) is 0 Å². The number of nitrogens with one attached hydrogen (secondary N) is 2. The van der Waals surface area contributed by atoms with Crippen LogP contribution in [-0.2, 0) is 6.54 Å². The maximum Gasteiger partial charge on any atom is 0.189 e. The third-order valence-corrected chi connectivity index (χ3v) is 2.97. The second kappa shape index (κ2) is 7.44. The molecule has 0 saturated carbocycles. The molecule has 2 rings (SSSR count). The number of aromatic amines is 1. The summed E-state index contributed by atoms with van der Waals surface area (Å²) in [7, 11) is 1.63. The van der Waals surface area contributed by atoms with Crippen molar-refractivity contribution in [3.63, 3.8) is 0 Å². The van der Waals surface area contributed by atoms with Gasteiger partial charge in [-0.05, 0) is 30.2 Å². The summed E-state index contributed by atoms with van der Waals surface area (Å²) in [6.07, 6.45) is 0. The van der Waals surface area contributed by atoms with E-state index < -0.39 is 0 Å². The van der Waals surface area contributed by atoms with E-state index in [-0.39, 0.29) is 0 Å². The maximum absolute atomic E-state index is 5.78. The predicted molar refractivity (Wildman–Crippen MR) is 86.5 cm³/mol. The lowest BCUT2D eigenvalue weighted by Crippen LogP contribution is -2.34. The SMILES string of the molecule is COc1ccc(-c2n[nH]c(CN=C(N)NCC(C)C)n2)cc1. The summed E-state index contributed by atoms with van der Waals surface area (Å²) in [4.78, 5) is 8.64. The second-order valence-corrected chi connectivity index (χ2v) is 5.31. The quantitative estimate of drug-likeness (QED) is 0.555. The molecule has 4 N–H and O–H groups in total. The fourth-order valence-corrected chi connectivity index (χ4v) is 1.76. The number of aliphatic imine (C=N–C) groups is 1. The van der Waals surface area contributed by atoms with Gasteiger partial charge in [0.2, 0.25) is 0 Å². The molecule has 0 spiro atoms. The Hall–Kier alpha value is -2.57. The van der Waals surface area contributed by atoms with Crippen LogP contribution in [-0.4, -0.2) is 34.8 Å². The Bertz CT molecular complexity index is 617. The normalized spacial score (nSPS) is 11.7. The van der Waals surface area contributed by atoms with E-state index in [0.717, 1.165) is 17.9 Å². The number of rotatable bonds is 6. The van der Waals surface area contributed by atoms with Gasteiger partial charge in [0, 0.05) is 12.1 Å². The molecule has 1 aromatic heterocycles. The minimum Gasteiger partial charge on any atom is -0.497 e. The number of aromatic nitrogens is 3. The lowest BCUT2D eigenvalue weighted by atomic mass is 10.2. The number of nitrogens with two attached hydrogens (primary N) is 1. The van der Waals surface area contributed by atoms with E-state index in [9.17, 15) is 0 Å². The maximum atomic E-state index is 5.78. The summed E-state index contributed by atoms with van der Waals surface area (Å²) in [6, 6.07) is 7.57. The molecule has 118 valence electrons. The molecule has 0 aliphatic heterocycles. The summed E-state index contributed by atoms with van der Waals surface area (Å²) in [6.45, 7) is 5.37. The Kier molecular flexibility index (Phi) is 5.35. The van der Waals surface area contributed by atoms with Crippen molar-refractivity contribution in [2.24, 2.45) is 16.6 Å². The smallest absolute Gasteiger partial charge is 0.189 e. The van der Waals surface area contributed by atoms with Gasteiger partial charge in [-0.2, -0.15) is 5.10 Å². The van der Waals surface area contributed by atoms with E-state index in [1.54, 1.807) is 7.11 Å². The zero-order valence-corrected chi connectivity index (χ0v) is 13.1. The lowest BCUT2D eigenvalue weighted by molar-refractivity contribution is 0.415. The van der Waals surface area contributed by atoms with Crippen molar-refractivity contribution in [3.8, 4) is 17.1 Å². The summed E-state index contributed by atoms with van der Waals surface area (Å²) >= 11 is 0. The van der Waals surface area contributed by atoms with Crippen molar-refractivity contribution in [3.05, 3.63) is 30.1 Å². The van der Waals surface area contributed by atoms with Crippen LogP contribution in [0.2, 0.25) is 0 Å². The zero-order valence-electron chi connectivity index (χ0n) is 13.1. The number of hydrogen-bond acceptors (Lipinski definition) is 4. The van der Waals surface area contributed by atoms with Crippen LogP contribution in [0.1, 0.15) is 19.7 Å². The van der Waals surface area contributed by atoms with Gasteiger partial charge in [0.05, 0.1) is 7.11 Å². The van der Waals surface area contributed by atoms with E-state index in [1.807, 2.05) is 24.3 Å². The summed E-state index contributed by atoms with van der Waals surface area (Å²) in [5.41, 5.74) is 6.70. The van der Waals surface area contributed by atoms with Crippen molar-refractivity contribution < 1.29 is 4.74 Å². The molecule has 0 atom stereocenters. The van der Waals surface area contributed by atoms with Crippen molar-refractivity contribution in [2.45, 2.75) is 20.4 Å². The molecule has 7 heteroatoms. The number of guanidine groups is 1.